The van der Waals surface area contributed by atoms with Gasteiger partial charge in [-0.25, -0.2) is 9.29 Å². The molecule has 0 spiro atoms. The number of amides is 3. The molecule has 0 saturated carbocycles. The SMILES string of the molecule is COc1ccc(NC(=O)Cn2c3c(sc2=O)[C@@H](c2ccc(F)cc2)C2C(=O)N(c4cccc(C(F)(F)F)c4)C(=O)C2S3)cc1. The van der Waals surface area contributed by atoms with Crippen LogP contribution in [0.5, 0.6) is 5.75 Å². The number of anilines is 2. The average Bonchev–Trinajstić information content (AvgIpc) is 3.43. The van der Waals surface area contributed by atoms with Gasteiger partial charge in [0.15, 0.2) is 0 Å². The fourth-order valence-electron chi connectivity index (χ4n) is 5.38. The first-order valence-electron chi connectivity index (χ1n) is 13.1. The summed E-state index contributed by atoms with van der Waals surface area (Å²) >= 11 is 1.72. The number of hydrogen-bond acceptors (Lipinski definition) is 7. The van der Waals surface area contributed by atoms with Crippen LogP contribution in [0, 0.1) is 11.7 Å². The number of nitrogens with zero attached hydrogens (tertiary/aromatic N) is 2. The van der Waals surface area contributed by atoms with Crippen LogP contribution in [0.15, 0.2) is 82.6 Å². The number of thioether (sulfide) groups is 1. The Bertz CT molecular complexity index is 1840. The summed E-state index contributed by atoms with van der Waals surface area (Å²) in [4.78, 5) is 54.5. The smallest absolute Gasteiger partial charge is 0.416 e. The molecule has 3 heterocycles. The number of imide groups is 1. The van der Waals surface area contributed by atoms with Crippen molar-refractivity contribution < 1.29 is 36.7 Å². The Morgan fingerprint density at radius 1 is 0.977 bits per heavy atom. The van der Waals surface area contributed by atoms with Crippen LogP contribution in [0.4, 0.5) is 28.9 Å². The van der Waals surface area contributed by atoms with Crippen LogP contribution in [-0.2, 0) is 27.1 Å². The maximum atomic E-state index is 13.9. The molecular formula is C30H21F4N3O5S2. The molecule has 226 valence electrons. The molecule has 1 aromatic heterocycles. The highest BCUT2D eigenvalue weighted by atomic mass is 32.2. The summed E-state index contributed by atoms with van der Waals surface area (Å²) in [5.41, 5.74) is -0.365. The minimum Gasteiger partial charge on any atom is -0.497 e. The fraction of sp³-hybridized carbons (Fsp3) is 0.200. The second kappa shape index (κ2) is 11.2. The van der Waals surface area contributed by atoms with Gasteiger partial charge in [-0.15, -0.1) is 0 Å². The molecule has 3 atom stereocenters. The number of benzene rings is 3. The van der Waals surface area contributed by atoms with E-state index in [2.05, 4.69) is 5.32 Å². The van der Waals surface area contributed by atoms with Crippen LogP contribution in [0.1, 0.15) is 21.9 Å². The standard InChI is InChI=1S/C30H21F4N3O5S2/c1-42-20-11-9-18(10-12-20)35-21(38)14-36-28-25(44-29(36)41)22(15-5-7-17(31)8-6-15)23-24(43-28)27(40)37(26(23)39)19-4-2-3-16(13-19)30(32,33)34/h2-13,22-24H,14H2,1H3,(H,35,38)/t22-,23?,24?/m0/s1. The lowest BCUT2D eigenvalue weighted by Gasteiger charge is -2.30. The molecule has 0 bridgehead atoms. The normalized spacial score (nSPS) is 19.5. The molecule has 44 heavy (non-hydrogen) atoms. The Balaban J connectivity index is 1.39. The average molecular weight is 644 g/mol. The third-order valence-corrected chi connectivity index (χ3v) is 9.99. The van der Waals surface area contributed by atoms with Crippen LogP contribution in [0.3, 0.4) is 0 Å². The number of nitrogens with one attached hydrogen (secondary N) is 1. The quantitative estimate of drug-likeness (QED) is 0.220. The van der Waals surface area contributed by atoms with Gasteiger partial charge in [-0.05, 0) is 60.2 Å². The van der Waals surface area contributed by atoms with E-state index < -0.39 is 63.8 Å². The summed E-state index contributed by atoms with van der Waals surface area (Å²) in [5.74, 6) is -3.98. The van der Waals surface area contributed by atoms with Gasteiger partial charge in [0.1, 0.15) is 23.4 Å². The minimum absolute atomic E-state index is 0.234. The minimum atomic E-state index is -4.70. The van der Waals surface area contributed by atoms with E-state index in [9.17, 15) is 36.7 Å². The molecule has 3 aromatic carbocycles. The van der Waals surface area contributed by atoms with Crippen LogP contribution in [-0.4, -0.2) is 34.6 Å². The van der Waals surface area contributed by atoms with Crippen molar-refractivity contribution in [2.75, 3.05) is 17.3 Å². The second-order valence-electron chi connectivity index (χ2n) is 10.1. The number of rotatable bonds is 6. The highest BCUT2D eigenvalue weighted by Gasteiger charge is 2.57. The van der Waals surface area contributed by atoms with Crippen molar-refractivity contribution in [2.24, 2.45) is 5.92 Å². The molecule has 2 unspecified atom stereocenters. The van der Waals surface area contributed by atoms with Gasteiger partial charge in [0, 0.05) is 16.5 Å². The van der Waals surface area contributed by atoms with Crippen LogP contribution in [0.2, 0.25) is 0 Å². The predicted molar refractivity (Wildman–Crippen MR) is 156 cm³/mol. The first-order valence-corrected chi connectivity index (χ1v) is 14.8. The summed E-state index contributed by atoms with van der Waals surface area (Å²) in [5, 5.41) is 1.86. The molecule has 0 aliphatic carbocycles. The Kier molecular flexibility index (Phi) is 7.58. The summed E-state index contributed by atoms with van der Waals surface area (Å²) < 4.78 is 60.6. The van der Waals surface area contributed by atoms with Gasteiger partial charge >= 0.3 is 11.0 Å². The zero-order valence-corrected chi connectivity index (χ0v) is 24.3. The maximum Gasteiger partial charge on any atom is 0.416 e. The Morgan fingerprint density at radius 2 is 1.68 bits per heavy atom. The number of halogens is 4. The Labute approximate surface area is 255 Å². The van der Waals surface area contributed by atoms with Gasteiger partial charge in [-0.3, -0.25) is 23.7 Å². The topological polar surface area (TPSA) is 97.7 Å². The van der Waals surface area contributed by atoms with Crippen molar-refractivity contribution in [2.45, 2.75) is 28.9 Å². The highest BCUT2D eigenvalue weighted by molar-refractivity contribution is 8.00. The van der Waals surface area contributed by atoms with Gasteiger partial charge in [-0.2, -0.15) is 13.2 Å². The number of aromatic nitrogens is 1. The monoisotopic (exact) mass is 643 g/mol. The van der Waals surface area contributed by atoms with Crippen LogP contribution >= 0.6 is 23.1 Å². The molecule has 2 aliphatic rings. The van der Waals surface area contributed by atoms with E-state index >= 15 is 0 Å². The van der Waals surface area contributed by atoms with Gasteiger partial charge in [0.25, 0.3) is 0 Å². The number of alkyl halides is 3. The summed E-state index contributed by atoms with van der Waals surface area (Å²) in [7, 11) is 1.50. The van der Waals surface area contributed by atoms with Gasteiger partial charge in [0.2, 0.25) is 17.7 Å². The van der Waals surface area contributed by atoms with E-state index in [0.717, 1.165) is 46.2 Å². The maximum absolute atomic E-state index is 13.9. The van der Waals surface area contributed by atoms with E-state index in [0.29, 0.717) is 21.9 Å². The molecule has 4 aromatic rings. The van der Waals surface area contributed by atoms with E-state index in [1.807, 2.05) is 0 Å². The molecule has 6 rings (SSSR count). The summed E-state index contributed by atoms with van der Waals surface area (Å²) in [6, 6.07) is 15.7. The number of hydrogen-bond donors (Lipinski definition) is 1. The Morgan fingerprint density at radius 3 is 2.34 bits per heavy atom. The molecule has 1 N–H and O–H groups in total. The molecular weight excluding hydrogens is 622 g/mol. The predicted octanol–water partition coefficient (Wildman–Crippen LogP) is 5.51. The first-order chi connectivity index (χ1) is 21.0. The third kappa shape index (κ3) is 5.28. The second-order valence-corrected chi connectivity index (χ2v) is 12.2. The van der Waals surface area contributed by atoms with Crippen molar-refractivity contribution in [1.29, 1.82) is 0 Å². The molecule has 2 aliphatic heterocycles. The zero-order chi connectivity index (χ0) is 31.3. The highest BCUT2D eigenvalue weighted by Crippen LogP contribution is 2.54. The fourth-order valence-corrected chi connectivity index (χ4v) is 8.15. The van der Waals surface area contributed by atoms with Crippen LogP contribution in [0.25, 0.3) is 0 Å². The number of fused-ring (bicyclic) bond motifs is 2. The van der Waals surface area contributed by atoms with E-state index in [1.165, 1.54) is 42.0 Å². The molecule has 1 fully saturated rings. The zero-order valence-electron chi connectivity index (χ0n) is 22.6. The van der Waals surface area contributed by atoms with Crippen molar-refractivity contribution in [3.05, 3.63) is 104 Å². The van der Waals surface area contributed by atoms with Crippen LogP contribution < -0.4 is 19.8 Å². The van der Waals surface area contributed by atoms with Gasteiger partial charge < -0.3 is 10.1 Å². The summed E-state index contributed by atoms with van der Waals surface area (Å²) in [6.07, 6.45) is -4.70. The number of methoxy groups -OCH3 is 1. The van der Waals surface area contributed by atoms with E-state index in [1.54, 1.807) is 24.3 Å². The molecule has 1 saturated heterocycles. The Hall–Kier alpha value is -4.43. The first kappa shape index (κ1) is 29.6. The largest absolute Gasteiger partial charge is 0.497 e. The van der Waals surface area contributed by atoms with Crippen molar-refractivity contribution in [3.8, 4) is 5.75 Å². The molecule has 14 heteroatoms. The third-order valence-electron chi connectivity index (χ3n) is 7.39. The number of carbonyl (C=O) groups excluding carboxylic acids is 3. The molecule has 8 nitrogen and oxygen atoms in total. The lowest BCUT2D eigenvalue weighted by molar-refractivity contribution is -0.137. The lowest BCUT2D eigenvalue weighted by Crippen LogP contribution is -2.33. The number of carbonyl (C=O) groups is 3. The van der Waals surface area contributed by atoms with Crippen molar-refractivity contribution in [3.63, 3.8) is 0 Å². The van der Waals surface area contributed by atoms with E-state index in [-0.39, 0.29) is 10.7 Å². The molecule has 0 radical (unpaired) electrons. The van der Waals surface area contributed by atoms with Gasteiger partial charge in [0.05, 0.1) is 29.3 Å². The van der Waals surface area contributed by atoms with Crippen molar-refractivity contribution >= 4 is 52.2 Å². The number of thiazole rings is 1. The lowest BCUT2D eigenvalue weighted by atomic mass is 9.83. The van der Waals surface area contributed by atoms with E-state index in [4.69, 9.17) is 4.74 Å². The number of ether oxygens (including phenoxy) is 1. The van der Waals surface area contributed by atoms with Crippen molar-refractivity contribution in [1.82, 2.24) is 4.57 Å². The van der Waals surface area contributed by atoms with Gasteiger partial charge in [-0.1, -0.05) is 41.3 Å². The summed E-state index contributed by atoms with van der Waals surface area (Å²) in [6.45, 7) is -0.406. The molecule has 3 amide bonds.